The first-order valence-corrected chi connectivity index (χ1v) is 7.80. The van der Waals surface area contributed by atoms with E-state index in [2.05, 4.69) is 47.5 Å². The molecule has 1 aromatic rings. The van der Waals surface area contributed by atoms with Crippen molar-refractivity contribution in [1.29, 1.82) is 0 Å². The van der Waals surface area contributed by atoms with Gasteiger partial charge in [0.25, 0.3) is 0 Å². The molecule has 1 aromatic carbocycles. The van der Waals surface area contributed by atoms with Gasteiger partial charge in [-0.05, 0) is 36.8 Å². The number of benzene rings is 1. The number of hydrogen-bond donors (Lipinski definition) is 1. The molecule has 1 N–H and O–H groups in total. The standard InChI is InChI=1S/C17H24N2O/c1-13-11-18-12-16(13)17(20)19-9-7-15(8-10-19)14-5-3-2-4-6-14/h2-6,13,15-16,18H,7-12H2,1H3/t13-,16+/m0/s1. The lowest BCUT2D eigenvalue weighted by Gasteiger charge is -2.34. The molecule has 2 heterocycles. The van der Waals surface area contributed by atoms with E-state index in [0.29, 0.717) is 17.7 Å². The second kappa shape index (κ2) is 5.96. The summed E-state index contributed by atoms with van der Waals surface area (Å²) in [5.74, 6) is 1.67. The molecule has 2 aliphatic heterocycles. The molecule has 2 aliphatic rings. The van der Waals surface area contributed by atoms with Gasteiger partial charge in [0.15, 0.2) is 0 Å². The summed E-state index contributed by atoms with van der Waals surface area (Å²) in [6.07, 6.45) is 2.20. The minimum atomic E-state index is 0.197. The molecule has 2 saturated heterocycles. The Morgan fingerprint density at radius 1 is 1.15 bits per heavy atom. The Hall–Kier alpha value is -1.35. The van der Waals surface area contributed by atoms with Crippen LogP contribution in [-0.2, 0) is 4.79 Å². The van der Waals surface area contributed by atoms with Crippen molar-refractivity contribution < 1.29 is 4.79 Å². The minimum absolute atomic E-state index is 0.197. The Bertz CT molecular complexity index is 451. The number of likely N-dealkylation sites (tertiary alicyclic amines) is 1. The van der Waals surface area contributed by atoms with E-state index in [9.17, 15) is 4.79 Å². The first-order valence-electron chi connectivity index (χ1n) is 7.80. The summed E-state index contributed by atoms with van der Waals surface area (Å²) < 4.78 is 0. The van der Waals surface area contributed by atoms with Crippen molar-refractivity contribution >= 4 is 5.91 Å². The van der Waals surface area contributed by atoms with Crippen molar-refractivity contribution in [2.24, 2.45) is 11.8 Å². The average molecular weight is 272 g/mol. The Balaban J connectivity index is 1.57. The third-order valence-corrected chi connectivity index (χ3v) is 4.91. The van der Waals surface area contributed by atoms with Gasteiger partial charge in [0.2, 0.25) is 5.91 Å². The Morgan fingerprint density at radius 3 is 2.45 bits per heavy atom. The van der Waals surface area contributed by atoms with Gasteiger partial charge in [-0.3, -0.25) is 4.79 Å². The van der Waals surface area contributed by atoms with Crippen molar-refractivity contribution in [3.8, 4) is 0 Å². The Labute approximate surface area is 121 Å². The van der Waals surface area contributed by atoms with Gasteiger partial charge in [0, 0.05) is 19.6 Å². The molecule has 1 amide bonds. The topological polar surface area (TPSA) is 32.3 Å². The van der Waals surface area contributed by atoms with E-state index in [4.69, 9.17) is 0 Å². The van der Waals surface area contributed by atoms with E-state index in [-0.39, 0.29) is 5.92 Å². The number of hydrogen-bond acceptors (Lipinski definition) is 2. The highest BCUT2D eigenvalue weighted by atomic mass is 16.2. The zero-order valence-corrected chi connectivity index (χ0v) is 12.2. The molecular formula is C17H24N2O. The van der Waals surface area contributed by atoms with Crippen LogP contribution in [0.3, 0.4) is 0 Å². The summed E-state index contributed by atoms with van der Waals surface area (Å²) in [5, 5.41) is 3.33. The van der Waals surface area contributed by atoms with E-state index in [1.165, 1.54) is 5.56 Å². The van der Waals surface area contributed by atoms with E-state index < -0.39 is 0 Å². The number of nitrogens with one attached hydrogen (secondary N) is 1. The van der Waals surface area contributed by atoms with Gasteiger partial charge >= 0.3 is 0 Å². The smallest absolute Gasteiger partial charge is 0.227 e. The molecule has 3 nitrogen and oxygen atoms in total. The van der Waals surface area contributed by atoms with E-state index in [0.717, 1.165) is 39.0 Å². The highest BCUT2D eigenvalue weighted by Crippen LogP contribution is 2.29. The number of rotatable bonds is 2. The van der Waals surface area contributed by atoms with Crippen molar-refractivity contribution in [3.05, 3.63) is 35.9 Å². The van der Waals surface area contributed by atoms with Gasteiger partial charge in [0.1, 0.15) is 0 Å². The second-order valence-corrected chi connectivity index (χ2v) is 6.25. The van der Waals surface area contributed by atoms with Crippen molar-refractivity contribution in [2.45, 2.75) is 25.7 Å². The fourth-order valence-electron chi connectivity index (χ4n) is 3.53. The summed E-state index contributed by atoms with van der Waals surface area (Å²) >= 11 is 0. The highest BCUT2D eigenvalue weighted by Gasteiger charge is 2.34. The van der Waals surface area contributed by atoms with Crippen LogP contribution in [0.15, 0.2) is 30.3 Å². The van der Waals surface area contributed by atoms with Crippen LogP contribution in [0.25, 0.3) is 0 Å². The summed E-state index contributed by atoms with van der Waals surface area (Å²) in [6, 6.07) is 10.7. The van der Waals surface area contributed by atoms with Crippen molar-refractivity contribution in [1.82, 2.24) is 10.2 Å². The molecule has 0 radical (unpaired) electrons. The van der Waals surface area contributed by atoms with Crippen LogP contribution >= 0.6 is 0 Å². The fraction of sp³-hybridized carbons (Fsp3) is 0.588. The van der Waals surface area contributed by atoms with Gasteiger partial charge in [-0.1, -0.05) is 37.3 Å². The first kappa shape index (κ1) is 13.6. The van der Waals surface area contributed by atoms with Crippen LogP contribution < -0.4 is 5.32 Å². The van der Waals surface area contributed by atoms with Gasteiger partial charge < -0.3 is 10.2 Å². The fourth-order valence-corrected chi connectivity index (χ4v) is 3.53. The van der Waals surface area contributed by atoms with Crippen molar-refractivity contribution in [2.75, 3.05) is 26.2 Å². The monoisotopic (exact) mass is 272 g/mol. The SMILES string of the molecule is C[C@H]1CNC[C@H]1C(=O)N1CCC(c2ccccc2)CC1. The molecule has 0 unspecified atom stereocenters. The minimum Gasteiger partial charge on any atom is -0.342 e. The predicted octanol–water partition coefficient (Wildman–Crippen LogP) is 2.25. The summed E-state index contributed by atoms with van der Waals surface area (Å²) in [7, 11) is 0. The zero-order valence-electron chi connectivity index (χ0n) is 12.2. The van der Waals surface area contributed by atoms with E-state index in [1.807, 2.05) is 0 Å². The van der Waals surface area contributed by atoms with Gasteiger partial charge in [-0.25, -0.2) is 0 Å². The third-order valence-electron chi connectivity index (χ3n) is 4.91. The van der Waals surface area contributed by atoms with Crippen LogP contribution in [-0.4, -0.2) is 37.0 Å². The predicted molar refractivity (Wildman–Crippen MR) is 80.5 cm³/mol. The maximum atomic E-state index is 12.5. The molecule has 0 saturated carbocycles. The zero-order chi connectivity index (χ0) is 13.9. The molecule has 0 aromatic heterocycles. The number of amides is 1. The molecule has 2 fully saturated rings. The summed E-state index contributed by atoms with van der Waals surface area (Å²) in [6.45, 7) is 5.86. The molecule has 20 heavy (non-hydrogen) atoms. The quantitative estimate of drug-likeness (QED) is 0.895. The first-order chi connectivity index (χ1) is 9.75. The molecule has 2 atom stereocenters. The van der Waals surface area contributed by atoms with Crippen LogP contribution in [0.1, 0.15) is 31.2 Å². The largest absolute Gasteiger partial charge is 0.342 e. The number of nitrogens with zero attached hydrogens (tertiary/aromatic N) is 1. The maximum Gasteiger partial charge on any atom is 0.227 e. The summed E-state index contributed by atoms with van der Waals surface area (Å²) in [5.41, 5.74) is 1.43. The molecular weight excluding hydrogens is 248 g/mol. The number of carbonyl (C=O) groups excluding carboxylic acids is 1. The van der Waals surface area contributed by atoms with Crippen LogP contribution in [0.4, 0.5) is 0 Å². The van der Waals surface area contributed by atoms with E-state index in [1.54, 1.807) is 0 Å². The van der Waals surface area contributed by atoms with Gasteiger partial charge in [-0.2, -0.15) is 0 Å². The third kappa shape index (κ3) is 2.73. The average Bonchev–Trinajstić information content (AvgIpc) is 2.94. The number of carbonyl (C=O) groups is 1. The van der Waals surface area contributed by atoms with E-state index >= 15 is 0 Å². The Kier molecular flexibility index (Phi) is 4.06. The molecule has 3 heteroatoms. The van der Waals surface area contributed by atoms with Gasteiger partial charge in [0.05, 0.1) is 5.92 Å². The lowest BCUT2D eigenvalue weighted by atomic mass is 9.88. The van der Waals surface area contributed by atoms with Crippen LogP contribution in [0.5, 0.6) is 0 Å². The second-order valence-electron chi connectivity index (χ2n) is 6.25. The lowest BCUT2D eigenvalue weighted by Crippen LogP contribution is -2.43. The molecule has 0 spiro atoms. The maximum absolute atomic E-state index is 12.5. The van der Waals surface area contributed by atoms with Crippen molar-refractivity contribution in [3.63, 3.8) is 0 Å². The highest BCUT2D eigenvalue weighted by molar-refractivity contribution is 5.79. The number of piperidine rings is 1. The molecule has 0 aliphatic carbocycles. The molecule has 0 bridgehead atoms. The molecule has 3 rings (SSSR count). The van der Waals surface area contributed by atoms with Crippen LogP contribution in [0.2, 0.25) is 0 Å². The summed E-state index contributed by atoms with van der Waals surface area (Å²) in [4.78, 5) is 14.6. The molecule has 108 valence electrons. The lowest BCUT2D eigenvalue weighted by molar-refractivity contribution is -0.137. The van der Waals surface area contributed by atoms with Crippen LogP contribution in [0, 0.1) is 11.8 Å². The Morgan fingerprint density at radius 2 is 1.85 bits per heavy atom. The van der Waals surface area contributed by atoms with Gasteiger partial charge in [-0.15, -0.1) is 0 Å². The normalized spacial score (nSPS) is 27.8.